The van der Waals surface area contributed by atoms with Gasteiger partial charge in [0.05, 0.1) is 9.80 Å². The molecule has 3 heterocycles. The third-order valence-corrected chi connectivity index (χ3v) is 5.86. The number of non-ortho nitro benzene ring substituents is 1. The van der Waals surface area contributed by atoms with Gasteiger partial charge < -0.3 is 10.6 Å². The summed E-state index contributed by atoms with van der Waals surface area (Å²) in [6.45, 7) is 0. The summed E-state index contributed by atoms with van der Waals surface area (Å²) in [5, 5.41) is 18.3. The minimum atomic E-state index is -0.415. The Hall–Kier alpha value is -1.70. The van der Waals surface area contributed by atoms with E-state index in [0.29, 0.717) is 17.0 Å². The SMILES string of the molecule is Cl.O=C(NC1CC2CCC(C1)N2)c1cc2cc([N+](=O)[O-])ccc2s1. The standard InChI is InChI=1S/C16H17N3O3S.ClH/c20-16(18-12-7-10-1-2-11(8-12)17-10)15-6-9-5-13(19(21)22)3-4-14(9)23-15;/h3-6,10-12,17H,1-2,7-8H2,(H,18,20);1H. The molecule has 2 aromatic rings. The number of thiophene rings is 1. The van der Waals surface area contributed by atoms with Gasteiger partial charge in [-0.05, 0) is 37.8 Å². The fourth-order valence-corrected chi connectivity index (χ4v) is 4.63. The summed E-state index contributed by atoms with van der Waals surface area (Å²) < 4.78 is 0.895. The Bertz CT molecular complexity index is 782. The van der Waals surface area contributed by atoms with Crippen LogP contribution in [0.5, 0.6) is 0 Å². The number of nitrogens with zero attached hydrogens (tertiary/aromatic N) is 1. The molecular weight excluding hydrogens is 350 g/mol. The number of nitro groups is 1. The molecule has 2 bridgehead atoms. The smallest absolute Gasteiger partial charge is 0.270 e. The summed E-state index contributed by atoms with van der Waals surface area (Å²) in [6, 6.07) is 7.74. The van der Waals surface area contributed by atoms with Crippen molar-refractivity contribution in [2.24, 2.45) is 0 Å². The summed E-state index contributed by atoms with van der Waals surface area (Å²) in [7, 11) is 0. The molecule has 1 aromatic heterocycles. The van der Waals surface area contributed by atoms with Gasteiger partial charge in [0.25, 0.3) is 11.6 Å². The van der Waals surface area contributed by atoms with Crippen molar-refractivity contribution in [3.8, 4) is 0 Å². The fourth-order valence-electron chi connectivity index (χ4n) is 3.69. The van der Waals surface area contributed by atoms with Gasteiger partial charge in [-0.25, -0.2) is 0 Å². The second kappa shape index (κ2) is 6.66. The molecule has 4 rings (SSSR count). The van der Waals surface area contributed by atoms with E-state index in [4.69, 9.17) is 0 Å². The van der Waals surface area contributed by atoms with Gasteiger partial charge >= 0.3 is 0 Å². The predicted octanol–water partition coefficient (Wildman–Crippen LogP) is 3.24. The Kier molecular flexibility index (Phi) is 4.76. The van der Waals surface area contributed by atoms with Crippen LogP contribution in [0, 0.1) is 10.1 Å². The maximum atomic E-state index is 12.5. The third-order valence-electron chi connectivity index (χ3n) is 4.74. The molecule has 2 N–H and O–H groups in total. The van der Waals surface area contributed by atoms with E-state index < -0.39 is 4.92 Å². The summed E-state index contributed by atoms with van der Waals surface area (Å²) in [6.07, 6.45) is 4.37. The van der Waals surface area contributed by atoms with Crippen LogP contribution in [0.3, 0.4) is 0 Å². The van der Waals surface area contributed by atoms with Crippen LogP contribution >= 0.6 is 23.7 Å². The van der Waals surface area contributed by atoms with Crippen molar-refractivity contribution >= 4 is 45.4 Å². The molecule has 2 fully saturated rings. The molecule has 1 amide bonds. The van der Waals surface area contributed by atoms with Gasteiger partial charge in [0, 0.05) is 40.3 Å². The number of carbonyl (C=O) groups excluding carboxylic acids is 1. The number of amides is 1. The molecule has 2 aliphatic rings. The molecule has 2 aliphatic heterocycles. The average Bonchev–Trinajstić information content (AvgIpc) is 3.09. The first kappa shape index (κ1) is 17.1. The lowest BCUT2D eigenvalue weighted by atomic mass is 10.00. The lowest BCUT2D eigenvalue weighted by Gasteiger charge is -2.29. The van der Waals surface area contributed by atoms with Crippen molar-refractivity contribution in [3.05, 3.63) is 39.3 Å². The van der Waals surface area contributed by atoms with Crippen LogP contribution in [0.4, 0.5) is 5.69 Å². The second-order valence-electron chi connectivity index (χ2n) is 6.37. The van der Waals surface area contributed by atoms with E-state index in [0.717, 1.165) is 22.9 Å². The summed E-state index contributed by atoms with van der Waals surface area (Å²) in [5.74, 6) is -0.0693. The summed E-state index contributed by atoms with van der Waals surface area (Å²) >= 11 is 1.38. The van der Waals surface area contributed by atoms with E-state index in [1.807, 2.05) is 0 Å². The van der Waals surface area contributed by atoms with Crippen LogP contribution < -0.4 is 10.6 Å². The van der Waals surface area contributed by atoms with E-state index in [2.05, 4.69) is 10.6 Å². The topological polar surface area (TPSA) is 84.3 Å². The minimum Gasteiger partial charge on any atom is -0.348 e. The quantitative estimate of drug-likeness (QED) is 0.644. The Morgan fingerprint density at radius 3 is 2.62 bits per heavy atom. The maximum Gasteiger partial charge on any atom is 0.270 e. The Labute approximate surface area is 149 Å². The Morgan fingerprint density at radius 1 is 1.25 bits per heavy atom. The predicted molar refractivity (Wildman–Crippen MR) is 96.2 cm³/mol. The van der Waals surface area contributed by atoms with Gasteiger partial charge in [-0.1, -0.05) is 0 Å². The molecular formula is C16H18ClN3O3S. The fraction of sp³-hybridized carbons (Fsp3) is 0.438. The minimum absolute atomic E-state index is 0. The van der Waals surface area contributed by atoms with Crippen LogP contribution in [-0.2, 0) is 0 Å². The highest BCUT2D eigenvalue weighted by Gasteiger charge is 2.34. The molecule has 0 aliphatic carbocycles. The number of hydrogen-bond donors (Lipinski definition) is 2. The molecule has 0 saturated carbocycles. The zero-order valence-electron chi connectivity index (χ0n) is 12.9. The molecule has 0 spiro atoms. The van der Waals surface area contributed by atoms with Crippen molar-refractivity contribution in [3.63, 3.8) is 0 Å². The highest BCUT2D eigenvalue weighted by Crippen LogP contribution is 2.30. The first-order valence-corrected chi connectivity index (χ1v) is 8.65. The maximum absolute atomic E-state index is 12.5. The van der Waals surface area contributed by atoms with Gasteiger partial charge in [-0.15, -0.1) is 23.7 Å². The number of benzene rings is 1. The van der Waals surface area contributed by atoms with E-state index in [1.54, 1.807) is 12.1 Å². The molecule has 24 heavy (non-hydrogen) atoms. The number of halogens is 1. The zero-order valence-corrected chi connectivity index (χ0v) is 14.5. The van der Waals surface area contributed by atoms with E-state index >= 15 is 0 Å². The summed E-state index contributed by atoms with van der Waals surface area (Å²) in [4.78, 5) is 23.5. The average molecular weight is 368 g/mol. The van der Waals surface area contributed by atoms with Gasteiger partial charge in [0.15, 0.2) is 0 Å². The van der Waals surface area contributed by atoms with Crippen LogP contribution in [0.1, 0.15) is 35.4 Å². The summed E-state index contributed by atoms with van der Waals surface area (Å²) in [5.41, 5.74) is 0.0530. The molecule has 2 unspecified atom stereocenters. The van der Waals surface area contributed by atoms with Gasteiger partial charge in [0.2, 0.25) is 0 Å². The normalized spacial score (nSPS) is 25.2. The molecule has 8 heteroatoms. The molecule has 2 atom stereocenters. The van der Waals surface area contributed by atoms with Crippen LogP contribution in [0.25, 0.3) is 10.1 Å². The monoisotopic (exact) mass is 367 g/mol. The number of fused-ring (bicyclic) bond motifs is 3. The lowest BCUT2D eigenvalue weighted by molar-refractivity contribution is -0.384. The molecule has 0 radical (unpaired) electrons. The first-order valence-electron chi connectivity index (χ1n) is 7.83. The van der Waals surface area contributed by atoms with Crippen molar-refractivity contribution in [2.75, 3.05) is 0 Å². The van der Waals surface area contributed by atoms with E-state index in [-0.39, 0.29) is 30.0 Å². The van der Waals surface area contributed by atoms with Crippen molar-refractivity contribution in [1.82, 2.24) is 10.6 Å². The first-order chi connectivity index (χ1) is 11.1. The lowest BCUT2D eigenvalue weighted by Crippen LogP contribution is -2.47. The Morgan fingerprint density at radius 2 is 1.96 bits per heavy atom. The molecule has 1 aromatic carbocycles. The molecule has 128 valence electrons. The molecule has 6 nitrogen and oxygen atoms in total. The Balaban J connectivity index is 0.00000169. The second-order valence-corrected chi connectivity index (χ2v) is 7.45. The van der Waals surface area contributed by atoms with Crippen molar-refractivity contribution in [1.29, 1.82) is 0 Å². The number of piperidine rings is 1. The zero-order chi connectivity index (χ0) is 16.0. The number of hydrogen-bond acceptors (Lipinski definition) is 5. The van der Waals surface area contributed by atoms with Crippen molar-refractivity contribution in [2.45, 2.75) is 43.8 Å². The highest BCUT2D eigenvalue weighted by molar-refractivity contribution is 7.20. The van der Waals surface area contributed by atoms with E-state index in [1.165, 1.54) is 36.3 Å². The van der Waals surface area contributed by atoms with E-state index in [9.17, 15) is 14.9 Å². The van der Waals surface area contributed by atoms with Gasteiger partial charge in [0.1, 0.15) is 0 Å². The van der Waals surface area contributed by atoms with Crippen LogP contribution in [-0.4, -0.2) is 29.0 Å². The number of rotatable bonds is 3. The third kappa shape index (κ3) is 3.24. The largest absolute Gasteiger partial charge is 0.348 e. The van der Waals surface area contributed by atoms with Crippen LogP contribution in [0.15, 0.2) is 24.3 Å². The van der Waals surface area contributed by atoms with Crippen LogP contribution in [0.2, 0.25) is 0 Å². The van der Waals surface area contributed by atoms with Gasteiger partial charge in [-0.3, -0.25) is 14.9 Å². The number of carbonyl (C=O) groups is 1. The highest BCUT2D eigenvalue weighted by atomic mass is 35.5. The van der Waals surface area contributed by atoms with Gasteiger partial charge in [-0.2, -0.15) is 0 Å². The number of nitrogens with one attached hydrogen (secondary N) is 2. The van der Waals surface area contributed by atoms with Crippen molar-refractivity contribution < 1.29 is 9.72 Å². The number of nitro benzene ring substituents is 1. The molecule has 2 saturated heterocycles.